The summed E-state index contributed by atoms with van der Waals surface area (Å²) in [6.07, 6.45) is 0.675. The van der Waals surface area contributed by atoms with Crippen molar-refractivity contribution in [3.05, 3.63) is 29.6 Å². The molecule has 1 rings (SSSR count). The SMILES string of the molecule is CCC(C)CS(=O)(=O)c1ccc(C(=O)O)cc1F. The van der Waals surface area contributed by atoms with Gasteiger partial charge in [-0.3, -0.25) is 0 Å². The fourth-order valence-electron chi connectivity index (χ4n) is 1.47. The van der Waals surface area contributed by atoms with Crippen LogP contribution in [-0.4, -0.2) is 25.2 Å². The van der Waals surface area contributed by atoms with E-state index in [1.165, 1.54) is 0 Å². The molecule has 1 unspecified atom stereocenters. The Labute approximate surface area is 105 Å². The molecule has 0 spiro atoms. The number of carboxylic acid groups (broad SMARTS) is 1. The lowest BCUT2D eigenvalue weighted by Crippen LogP contribution is -2.15. The van der Waals surface area contributed by atoms with Crippen molar-refractivity contribution in [3.8, 4) is 0 Å². The van der Waals surface area contributed by atoms with Gasteiger partial charge in [0.15, 0.2) is 9.84 Å². The molecule has 1 N–H and O–H groups in total. The topological polar surface area (TPSA) is 71.4 Å². The molecular weight excluding hydrogens is 259 g/mol. The third-order valence-electron chi connectivity index (χ3n) is 2.71. The second kappa shape index (κ2) is 5.48. The van der Waals surface area contributed by atoms with E-state index in [1.54, 1.807) is 6.92 Å². The van der Waals surface area contributed by atoms with E-state index < -0.39 is 26.5 Å². The van der Waals surface area contributed by atoms with E-state index >= 15 is 0 Å². The zero-order valence-electron chi connectivity index (χ0n) is 10.2. The Morgan fingerprint density at radius 3 is 2.50 bits per heavy atom. The molecule has 0 aliphatic carbocycles. The fraction of sp³-hybridized carbons (Fsp3) is 0.417. The molecule has 0 radical (unpaired) electrons. The Morgan fingerprint density at radius 1 is 1.44 bits per heavy atom. The zero-order chi connectivity index (χ0) is 13.9. The molecular formula is C12H15FO4S. The van der Waals surface area contributed by atoms with Crippen LogP contribution in [0.2, 0.25) is 0 Å². The zero-order valence-corrected chi connectivity index (χ0v) is 11.0. The van der Waals surface area contributed by atoms with Crippen molar-refractivity contribution in [2.45, 2.75) is 25.2 Å². The molecule has 4 nitrogen and oxygen atoms in total. The summed E-state index contributed by atoms with van der Waals surface area (Å²) in [7, 11) is -3.71. The molecule has 18 heavy (non-hydrogen) atoms. The number of benzene rings is 1. The van der Waals surface area contributed by atoms with E-state index in [-0.39, 0.29) is 17.2 Å². The van der Waals surface area contributed by atoms with Crippen molar-refractivity contribution in [1.82, 2.24) is 0 Å². The van der Waals surface area contributed by atoms with Crippen molar-refractivity contribution in [2.75, 3.05) is 5.75 Å². The highest BCUT2D eigenvalue weighted by Crippen LogP contribution is 2.20. The second-order valence-corrected chi connectivity index (χ2v) is 6.25. The summed E-state index contributed by atoms with van der Waals surface area (Å²) in [5, 5.41) is 8.67. The van der Waals surface area contributed by atoms with Crippen LogP contribution in [0, 0.1) is 11.7 Å². The smallest absolute Gasteiger partial charge is 0.335 e. The fourth-order valence-corrected chi connectivity index (χ4v) is 3.26. The maximum atomic E-state index is 13.6. The summed E-state index contributed by atoms with van der Waals surface area (Å²) in [6, 6.07) is 2.83. The van der Waals surface area contributed by atoms with Crippen LogP contribution in [0.5, 0.6) is 0 Å². The van der Waals surface area contributed by atoms with Crippen LogP contribution in [0.3, 0.4) is 0 Å². The van der Waals surface area contributed by atoms with Gasteiger partial charge >= 0.3 is 5.97 Å². The van der Waals surface area contributed by atoms with Gasteiger partial charge in [0, 0.05) is 0 Å². The summed E-state index contributed by atoms with van der Waals surface area (Å²) in [5.41, 5.74) is -0.269. The lowest BCUT2D eigenvalue weighted by molar-refractivity contribution is 0.0696. The second-order valence-electron chi connectivity index (χ2n) is 4.25. The number of carbonyl (C=O) groups is 1. The number of sulfone groups is 1. The number of hydrogen-bond donors (Lipinski definition) is 1. The average molecular weight is 274 g/mol. The van der Waals surface area contributed by atoms with Crippen molar-refractivity contribution < 1.29 is 22.7 Å². The highest BCUT2D eigenvalue weighted by atomic mass is 32.2. The van der Waals surface area contributed by atoms with Crippen LogP contribution in [0.15, 0.2) is 23.1 Å². The van der Waals surface area contributed by atoms with Crippen LogP contribution in [0.4, 0.5) is 4.39 Å². The Balaban J connectivity index is 3.14. The maximum absolute atomic E-state index is 13.6. The lowest BCUT2D eigenvalue weighted by Gasteiger charge is -2.10. The largest absolute Gasteiger partial charge is 0.478 e. The van der Waals surface area contributed by atoms with Crippen LogP contribution in [0.25, 0.3) is 0 Å². The molecule has 0 bridgehead atoms. The highest BCUT2D eigenvalue weighted by molar-refractivity contribution is 7.91. The van der Waals surface area contributed by atoms with Crippen molar-refractivity contribution in [2.24, 2.45) is 5.92 Å². The first kappa shape index (κ1) is 14.6. The van der Waals surface area contributed by atoms with Gasteiger partial charge in [0.05, 0.1) is 11.3 Å². The molecule has 1 aromatic carbocycles. The highest BCUT2D eigenvalue weighted by Gasteiger charge is 2.22. The number of aromatic carboxylic acids is 1. The predicted molar refractivity (Wildman–Crippen MR) is 64.9 cm³/mol. The van der Waals surface area contributed by atoms with Gasteiger partial charge in [-0.05, 0) is 24.1 Å². The molecule has 1 atom stereocenters. The number of carboxylic acids is 1. The Bertz CT molecular complexity index is 551. The minimum Gasteiger partial charge on any atom is -0.478 e. The van der Waals surface area contributed by atoms with Crippen LogP contribution >= 0.6 is 0 Å². The maximum Gasteiger partial charge on any atom is 0.335 e. The third-order valence-corrected chi connectivity index (χ3v) is 4.72. The van der Waals surface area contributed by atoms with E-state index in [4.69, 9.17) is 5.11 Å². The molecule has 0 saturated carbocycles. The molecule has 6 heteroatoms. The van der Waals surface area contributed by atoms with Gasteiger partial charge in [-0.25, -0.2) is 17.6 Å². The first-order chi connectivity index (χ1) is 8.27. The van der Waals surface area contributed by atoms with Crippen molar-refractivity contribution >= 4 is 15.8 Å². The van der Waals surface area contributed by atoms with E-state index in [1.807, 2.05) is 6.92 Å². The van der Waals surface area contributed by atoms with Crippen molar-refractivity contribution in [1.29, 1.82) is 0 Å². The van der Waals surface area contributed by atoms with E-state index in [0.29, 0.717) is 6.42 Å². The van der Waals surface area contributed by atoms with E-state index in [2.05, 4.69) is 0 Å². The molecule has 0 amide bonds. The Kier molecular flexibility index (Phi) is 4.45. The minimum absolute atomic E-state index is 0.0754. The van der Waals surface area contributed by atoms with Crippen molar-refractivity contribution in [3.63, 3.8) is 0 Å². The standard InChI is InChI=1S/C12H15FO4S/c1-3-8(2)7-18(16,17)11-5-4-9(12(14)15)6-10(11)13/h4-6,8H,3,7H2,1-2H3,(H,14,15). The Hall–Kier alpha value is -1.43. The van der Waals surface area contributed by atoms with Crippen LogP contribution in [0.1, 0.15) is 30.6 Å². The summed E-state index contributed by atoms with van der Waals surface area (Å²) < 4.78 is 37.5. The van der Waals surface area contributed by atoms with Gasteiger partial charge in [0.1, 0.15) is 10.7 Å². The quantitative estimate of drug-likeness (QED) is 0.894. The van der Waals surface area contributed by atoms with Gasteiger partial charge in [0.2, 0.25) is 0 Å². The van der Waals surface area contributed by atoms with E-state index in [9.17, 15) is 17.6 Å². The first-order valence-electron chi connectivity index (χ1n) is 5.53. The van der Waals surface area contributed by atoms with Gasteiger partial charge in [-0.2, -0.15) is 0 Å². The molecule has 0 aliphatic rings. The first-order valence-corrected chi connectivity index (χ1v) is 7.18. The summed E-state index contributed by atoms with van der Waals surface area (Å²) in [5.74, 6) is -2.53. The van der Waals surface area contributed by atoms with Gasteiger partial charge in [0.25, 0.3) is 0 Å². The molecule has 100 valence electrons. The van der Waals surface area contributed by atoms with Gasteiger partial charge in [-0.15, -0.1) is 0 Å². The number of hydrogen-bond acceptors (Lipinski definition) is 3. The van der Waals surface area contributed by atoms with E-state index in [0.717, 1.165) is 18.2 Å². The predicted octanol–water partition coefficient (Wildman–Crippen LogP) is 2.34. The van der Waals surface area contributed by atoms with Crippen LogP contribution < -0.4 is 0 Å². The molecule has 0 heterocycles. The number of halogens is 1. The average Bonchev–Trinajstić information content (AvgIpc) is 2.27. The monoisotopic (exact) mass is 274 g/mol. The summed E-state index contributed by atoms with van der Waals surface area (Å²) in [6.45, 7) is 3.62. The number of rotatable bonds is 5. The summed E-state index contributed by atoms with van der Waals surface area (Å²) in [4.78, 5) is 10.2. The molecule has 0 aromatic heterocycles. The normalized spacial score (nSPS) is 13.3. The van der Waals surface area contributed by atoms with Crippen LogP contribution in [-0.2, 0) is 9.84 Å². The lowest BCUT2D eigenvalue weighted by atomic mass is 10.2. The summed E-state index contributed by atoms with van der Waals surface area (Å²) >= 11 is 0. The van der Waals surface area contributed by atoms with Gasteiger partial charge in [-0.1, -0.05) is 20.3 Å². The molecule has 0 aliphatic heterocycles. The molecule has 1 aromatic rings. The minimum atomic E-state index is -3.71. The molecule has 0 saturated heterocycles. The Morgan fingerprint density at radius 2 is 2.06 bits per heavy atom. The van der Waals surface area contributed by atoms with Gasteiger partial charge < -0.3 is 5.11 Å². The molecule has 0 fully saturated rings. The third kappa shape index (κ3) is 3.29.